The second-order valence-electron chi connectivity index (χ2n) is 6.84. The van der Waals surface area contributed by atoms with Crippen LogP contribution in [0.4, 0.5) is 5.69 Å². The molecule has 16 heteroatoms. The van der Waals surface area contributed by atoms with Crippen molar-refractivity contribution in [1.29, 1.82) is 0 Å². The quantitative estimate of drug-likeness (QED) is 0.219. The van der Waals surface area contributed by atoms with Crippen molar-refractivity contribution in [3.63, 3.8) is 0 Å². The van der Waals surface area contributed by atoms with E-state index in [1.54, 1.807) is 12.1 Å². The van der Waals surface area contributed by atoms with Crippen molar-refractivity contribution in [3.8, 4) is 0 Å². The van der Waals surface area contributed by atoms with Gasteiger partial charge in [-0.3, -0.25) is 9.11 Å². The second-order valence-corrected chi connectivity index (χ2v) is 13.4. The van der Waals surface area contributed by atoms with Gasteiger partial charge in [0.2, 0.25) is 0 Å². The summed E-state index contributed by atoms with van der Waals surface area (Å²) in [5.74, 6) is -1.04. The number of furan rings is 2. The van der Waals surface area contributed by atoms with Crippen molar-refractivity contribution >= 4 is 89.0 Å². The van der Waals surface area contributed by atoms with Crippen LogP contribution in [0.5, 0.6) is 0 Å². The molecule has 0 saturated carbocycles. The number of anilines is 1. The molecule has 2 N–H and O–H groups in total. The highest BCUT2D eigenvalue weighted by Crippen LogP contribution is 2.50. The van der Waals surface area contributed by atoms with Crippen LogP contribution in [-0.2, 0) is 26.1 Å². The van der Waals surface area contributed by atoms with Crippen LogP contribution in [0.3, 0.4) is 0 Å². The van der Waals surface area contributed by atoms with Gasteiger partial charge in [-0.05, 0) is 42.0 Å². The molecule has 0 bridgehead atoms. The van der Waals surface area contributed by atoms with E-state index in [2.05, 4.69) is 0 Å². The fourth-order valence-corrected chi connectivity index (χ4v) is 7.46. The van der Waals surface area contributed by atoms with Gasteiger partial charge in [0.25, 0.3) is 31.4 Å². The zero-order valence-electron chi connectivity index (χ0n) is 17.2. The largest absolute Gasteiger partial charge is 0.441 e. The van der Waals surface area contributed by atoms with Gasteiger partial charge < -0.3 is 13.7 Å². The Kier molecular flexibility index (Phi) is 7.18. The molecule has 0 spiro atoms. The Bertz CT molecular complexity index is 1430. The molecule has 4 rings (SSSR count). The van der Waals surface area contributed by atoms with Crippen molar-refractivity contribution < 1.29 is 39.3 Å². The van der Waals surface area contributed by atoms with Gasteiger partial charge >= 0.3 is 10.1 Å². The van der Waals surface area contributed by atoms with E-state index in [9.17, 15) is 21.4 Å². The zero-order valence-corrected chi connectivity index (χ0v) is 22.1. The minimum atomic E-state index is -4.33. The lowest BCUT2D eigenvalue weighted by Crippen LogP contribution is -2.39. The number of hydrogen-bond donors (Lipinski definition) is 2. The van der Waals surface area contributed by atoms with Gasteiger partial charge in [-0.1, -0.05) is 23.5 Å². The molecule has 0 unspecified atom stereocenters. The number of rotatable bonds is 9. The molecule has 33 heavy (non-hydrogen) atoms. The number of thioether (sulfide) groups is 3. The molecule has 0 aliphatic carbocycles. The van der Waals surface area contributed by atoms with Crippen LogP contribution < -0.4 is 9.47 Å². The summed E-state index contributed by atoms with van der Waals surface area (Å²) in [7, 11) is -8.44. The number of nitrogens with zero attached hydrogens (tertiary/aromatic N) is 2. The molecule has 4 heterocycles. The first-order valence-corrected chi connectivity index (χ1v) is 16.5. The molecule has 1 aliphatic heterocycles. The molecule has 1 aliphatic rings. The fourth-order valence-electron chi connectivity index (χ4n) is 3.20. The number of fused-ring (bicyclic) bond motifs is 2. The molecule has 3 aromatic heterocycles. The van der Waals surface area contributed by atoms with Gasteiger partial charge in [0.1, 0.15) is 0 Å². The van der Waals surface area contributed by atoms with Gasteiger partial charge in [0, 0.05) is 12.6 Å². The Morgan fingerprint density at radius 1 is 1.09 bits per heavy atom. The smallest absolute Gasteiger partial charge is 0.326 e. The summed E-state index contributed by atoms with van der Waals surface area (Å²) in [4.78, 5) is 2.37. The average Bonchev–Trinajstić information content (AvgIpc) is 3.42. The Balaban J connectivity index is 1.74. The molecule has 3 aromatic rings. The van der Waals surface area contributed by atoms with Gasteiger partial charge in [0.05, 0.1) is 28.6 Å². The van der Waals surface area contributed by atoms with Crippen molar-refractivity contribution in [1.82, 2.24) is 0 Å². The molecule has 0 atom stereocenters. The lowest BCUT2D eigenvalue weighted by Gasteiger charge is -2.18. The fraction of sp³-hybridized carbons (Fsp3) is 0.353. The first-order valence-electron chi connectivity index (χ1n) is 9.23. The van der Waals surface area contributed by atoms with E-state index in [0.717, 1.165) is 5.69 Å². The molecule has 0 amide bonds. The second kappa shape index (κ2) is 9.49. The number of aromatic nitrogens is 1. The van der Waals surface area contributed by atoms with E-state index in [4.69, 9.17) is 13.4 Å². The van der Waals surface area contributed by atoms with Crippen LogP contribution >= 0.6 is 46.6 Å². The zero-order chi connectivity index (χ0) is 24.0. The van der Waals surface area contributed by atoms with E-state index in [1.165, 1.54) is 51.2 Å². The predicted molar refractivity (Wildman–Crippen MR) is 130 cm³/mol. The summed E-state index contributed by atoms with van der Waals surface area (Å²) in [6.45, 7) is 0.287. The Morgan fingerprint density at radius 3 is 2.42 bits per heavy atom. The van der Waals surface area contributed by atoms with Crippen LogP contribution in [0, 0.1) is 0 Å². The van der Waals surface area contributed by atoms with E-state index in [0.29, 0.717) is 35.7 Å². The topological polar surface area (TPSA) is 142 Å². The SMILES string of the molecule is CSc1cc2c(o1)SC(=Cc1sc3oc(SC)cc3[n+]1CS(=O)(=O)O)N2CCCS(=O)(=O)O. The third-order valence-electron chi connectivity index (χ3n) is 4.55. The summed E-state index contributed by atoms with van der Waals surface area (Å²) in [6.07, 6.45) is 5.63. The highest BCUT2D eigenvalue weighted by molar-refractivity contribution is 8.03. The van der Waals surface area contributed by atoms with Crippen molar-refractivity contribution in [2.45, 2.75) is 27.6 Å². The van der Waals surface area contributed by atoms with E-state index in [-0.39, 0.29) is 13.0 Å². The van der Waals surface area contributed by atoms with Crippen LogP contribution in [0.25, 0.3) is 16.5 Å². The molecule has 0 aromatic carbocycles. The molecular formula is C17H19N2O8S6+. The highest BCUT2D eigenvalue weighted by atomic mass is 32.2. The molecule has 0 fully saturated rings. The van der Waals surface area contributed by atoms with Crippen LogP contribution in [-0.4, -0.2) is 50.8 Å². The first-order chi connectivity index (χ1) is 15.5. The van der Waals surface area contributed by atoms with Crippen LogP contribution in [0.1, 0.15) is 11.4 Å². The third kappa shape index (κ3) is 5.75. The predicted octanol–water partition coefficient (Wildman–Crippen LogP) is 3.85. The van der Waals surface area contributed by atoms with E-state index in [1.807, 2.05) is 23.5 Å². The first kappa shape index (κ1) is 25.0. The van der Waals surface area contributed by atoms with E-state index < -0.39 is 31.9 Å². The number of hydrogen-bond acceptors (Lipinski definition) is 11. The summed E-state index contributed by atoms with van der Waals surface area (Å²) >= 11 is 5.36. The Morgan fingerprint density at radius 2 is 1.79 bits per heavy atom. The van der Waals surface area contributed by atoms with Crippen LogP contribution in [0.2, 0.25) is 0 Å². The average molecular weight is 572 g/mol. The van der Waals surface area contributed by atoms with Gasteiger partial charge in [-0.25, -0.2) is 0 Å². The maximum absolute atomic E-state index is 11.7. The summed E-state index contributed by atoms with van der Waals surface area (Å²) < 4.78 is 77.3. The minimum absolute atomic E-state index is 0.171. The lowest BCUT2D eigenvalue weighted by atomic mass is 10.3. The molecule has 10 nitrogen and oxygen atoms in total. The van der Waals surface area contributed by atoms with Crippen molar-refractivity contribution in [2.24, 2.45) is 0 Å². The lowest BCUT2D eigenvalue weighted by molar-refractivity contribution is -0.649. The Hall–Kier alpha value is -1.14. The summed E-state index contributed by atoms with van der Waals surface area (Å²) in [5, 5.41) is 3.15. The summed E-state index contributed by atoms with van der Waals surface area (Å²) in [6, 6.07) is 3.56. The van der Waals surface area contributed by atoms with Gasteiger partial charge in [0.15, 0.2) is 15.3 Å². The molecule has 0 saturated heterocycles. The number of thiazole rings is 1. The Labute approximate surface area is 206 Å². The maximum atomic E-state index is 11.7. The minimum Gasteiger partial charge on any atom is -0.441 e. The molecular weight excluding hydrogens is 553 g/mol. The monoisotopic (exact) mass is 571 g/mol. The maximum Gasteiger partial charge on any atom is 0.326 e. The molecule has 180 valence electrons. The van der Waals surface area contributed by atoms with Crippen molar-refractivity contribution in [3.05, 3.63) is 22.2 Å². The molecule has 0 radical (unpaired) electrons. The standard InChI is InChI=1S/C17H18N2O8S6/c1-28-14-6-10-16(26-14)30-12(18(10)4-3-5-32(20,21)22)8-13-19(9-33(23,24)25)11-7-15(29-2)27-17(11)31-13/h6-8H,3-5,9H2,1-2H3,(H-,20,21,22,23,24,25)/p+1. The van der Waals surface area contributed by atoms with E-state index >= 15 is 0 Å². The summed E-state index contributed by atoms with van der Waals surface area (Å²) in [5.41, 5.74) is 1.30. The van der Waals surface area contributed by atoms with Gasteiger partial charge in [-0.15, -0.1) is 0 Å². The van der Waals surface area contributed by atoms with Gasteiger partial charge in [-0.2, -0.15) is 21.4 Å². The highest BCUT2D eigenvalue weighted by Gasteiger charge is 2.33. The normalized spacial score (nSPS) is 15.8. The van der Waals surface area contributed by atoms with Crippen LogP contribution in [0.15, 0.2) is 41.3 Å². The third-order valence-corrected chi connectivity index (χ3v) is 9.19. The van der Waals surface area contributed by atoms with Crippen molar-refractivity contribution in [2.75, 3.05) is 29.7 Å².